The molecule has 0 aliphatic heterocycles. The molecule has 160 valence electrons. The molecule has 0 spiro atoms. The Morgan fingerprint density at radius 2 is 1.78 bits per heavy atom. The van der Waals surface area contributed by atoms with Crippen LogP contribution in [0, 0.1) is 6.92 Å². The van der Waals surface area contributed by atoms with Crippen molar-refractivity contribution in [2.75, 3.05) is 17.7 Å². The average molecular weight is 444 g/mol. The second-order valence-electron chi connectivity index (χ2n) is 7.09. The van der Waals surface area contributed by atoms with Crippen LogP contribution < -0.4 is 15.4 Å². The Balaban J connectivity index is 1.52. The number of pyridine rings is 1. The highest BCUT2D eigenvalue weighted by molar-refractivity contribution is 7.12. The Labute approximate surface area is 189 Å². The second-order valence-corrected chi connectivity index (χ2v) is 8.01. The molecule has 0 aliphatic rings. The molecule has 6 nitrogen and oxygen atoms in total. The van der Waals surface area contributed by atoms with Crippen molar-refractivity contribution >= 4 is 34.5 Å². The number of aromatic nitrogens is 1. The molecule has 0 bridgehead atoms. The first-order valence-corrected chi connectivity index (χ1v) is 10.8. The summed E-state index contributed by atoms with van der Waals surface area (Å²) < 4.78 is 5.42. The van der Waals surface area contributed by atoms with E-state index in [-0.39, 0.29) is 11.8 Å². The molecule has 0 aliphatic carbocycles. The van der Waals surface area contributed by atoms with Crippen LogP contribution in [0.15, 0.2) is 78.4 Å². The van der Waals surface area contributed by atoms with Crippen molar-refractivity contribution in [3.05, 3.63) is 94.4 Å². The van der Waals surface area contributed by atoms with Gasteiger partial charge in [-0.1, -0.05) is 29.8 Å². The van der Waals surface area contributed by atoms with Crippen LogP contribution in [0.5, 0.6) is 5.75 Å². The number of aryl methyl sites for hydroxylation is 1. The first kappa shape index (κ1) is 21.3. The van der Waals surface area contributed by atoms with Crippen LogP contribution >= 0.6 is 11.3 Å². The molecule has 2 heterocycles. The maximum Gasteiger partial charge on any atom is 0.266 e. The molecule has 0 radical (unpaired) electrons. The smallest absolute Gasteiger partial charge is 0.266 e. The second kappa shape index (κ2) is 9.45. The van der Waals surface area contributed by atoms with Crippen LogP contribution in [0.2, 0.25) is 0 Å². The first-order valence-electron chi connectivity index (χ1n) is 9.90. The lowest BCUT2D eigenvalue weighted by Crippen LogP contribution is -2.14. The largest absolute Gasteiger partial charge is 0.494 e. The Hall–Kier alpha value is -3.97. The number of methoxy groups -OCH3 is 1. The Morgan fingerprint density at radius 3 is 2.50 bits per heavy atom. The maximum atomic E-state index is 13.0. The summed E-state index contributed by atoms with van der Waals surface area (Å²) >= 11 is 1.39. The lowest BCUT2D eigenvalue weighted by molar-refractivity contribution is 0.101. The molecule has 0 unspecified atom stereocenters. The zero-order chi connectivity index (χ0) is 22.5. The molecule has 2 aromatic carbocycles. The number of anilines is 2. The minimum atomic E-state index is -0.297. The summed E-state index contributed by atoms with van der Waals surface area (Å²) in [6.45, 7) is 2.03. The standard InChI is InChI=1S/C25H21N3O3S/c1-16-5-7-17(8-6-16)20-11-13-32-23(20)25(30)27-19-9-10-21(22(14-19)31-2)28-24(29)18-4-3-12-26-15-18/h3-15H,1-2H3,(H,27,30)(H,28,29). The predicted octanol–water partition coefficient (Wildman–Crippen LogP) is 5.63. The molecule has 2 aromatic heterocycles. The number of hydrogen-bond acceptors (Lipinski definition) is 5. The van der Waals surface area contributed by atoms with Gasteiger partial charge in [-0.3, -0.25) is 14.6 Å². The third-order valence-corrected chi connectivity index (χ3v) is 5.78. The Bertz CT molecular complexity index is 1250. The van der Waals surface area contributed by atoms with E-state index < -0.39 is 0 Å². The van der Waals surface area contributed by atoms with Crippen LogP contribution in [-0.2, 0) is 0 Å². The van der Waals surface area contributed by atoms with Gasteiger partial charge < -0.3 is 15.4 Å². The summed E-state index contributed by atoms with van der Waals surface area (Å²) in [5.74, 6) is -0.0655. The van der Waals surface area contributed by atoms with Crippen molar-refractivity contribution in [2.45, 2.75) is 6.92 Å². The van der Waals surface area contributed by atoms with Gasteiger partial charge in [-0.2, -0.15) is 0 Å². The van der Waals surface area contributed by atoms with Gasteiger partial charge >= 0.3 is 0 Å². The fourth-order valence-corrected chi connectivity index (χ4v) is 4.01. The van der Waals surface area contributed by atoms with Crippen molar-refractivity contribution < 1.29 is 14.3 Å². The van der Waals surface area contributed by atoms with Crippen molar-refractivity contribution in [3.63, 3.8) is 0 Å². The highest BCUT2D eigenvalue weighted by Crippen LogP contribution is 2.31. The number of carbonyl (C=O) groups excluding carboxylic acids is 2. The summed E-state index contributed by atoms with van der Waals surface area (Å²) in [6.07, 6.45) is 3.09. The van der Waals surface area contributed by atoms with Crippen LogP contribution in [0.3, 0.4) is 0 Å². The van der Waals surface area contributed by atoms with Gasteiger partial charge in [0.15, 0.2) is 0 Å². The molecule has 0 saturated heterocycles. The fourth-order valence-electron chi connectivity index (χ4n) is 3.20. The minimum absolute atomic E-state index is 0.204. The third-order valence-electron chi connectivity index (χ3n) is 4.87. The monoisotopic (exact) mass is 443 g/mol. The first-order chi connectivity index (χ1) is 15.5. The van der Waals surface area contributed by atoms with E-state index >= 15 is 0 Å². The van der Waals surface area contributed by atoms with Gasteiger partial charge in [0.05, 0.1) is 23.2 Å². The van der Waals surface area contributed by atoms with Crippen molar-refractivity contribution in [2.24, 2.45) is 0 Å². The molecule has 0 atom stereocenters. The SMILES string of the molecule is COc1cc(NC(=O)c2sccc2-c2ccc(C)cc2)ccc1NC(=O)c1cccnc1. The van der Waals surface area contributed by atoms with Crippen LogP contribution in [-0.4, -0.2) is 23.9 Å². The molecule has 4 rings (SSSR count). The summed E-state index contributed by atoms with van der Waals surface area (Å²) in [4.78, 5) is 30.0. The van der Waals surface area contributed by atoms with E-state index in [0.29, 0.717) is 27.6 Å². The zero-order valence-corrected chi connectivity index (χ0v) is 18.4. The molecule has 2 amide bonds. The van der Waals surface area contributed by atoms with Gasteiger partial charge in [0.25, 0.3) is 11.8 Å². The summed E-state index contributed by atoms with van der Waals surface area (Å²) in [5, 5.41) is 7.63. The topological polar surface area (TPSA) is 80.3 Å². The number of thiophene rings is 1. The fraction of sp³-hybridized carbons (Fsp3) is 0.0800. The quantitative estimate of drug-likeness (QED) is 0.405. The number of nitrogens with one attached hydrogen (secondary N) is 2. The number of ether oxygens (including phenoxy) is 1. The zero-order valence-electron chi connectivity index (χ0n) is 17.6. The highest BCUT2D eigenvalue weighted by atomic mass is 32.1. The molecule has 2 N–H and O–H groups in total. The summed E-state index contributed by atoms with van der Waals surface area (Å²) in [7, 11) is 1.51. The van der Waals surface area contributed by atoms with Gasteiger partial charge in [0.2, 0.25) is 0 Å². The summed E-state index contributed by atoms with van der Waals surface area (Å²) in [6, 6.07) is 18.5. The Morgan fingerprint density at radius 1 is 0.969 bits per heavy atom. The van der Waals surface area contributed by atoms with E-state index in [0.717, 1.165) is 16.7 Å². The van der Waals surface area contributed by atoms with E-state index in [1.54, 1.807) is 36.5 Å². The molecule has 0 fully saturated rings. The maximum absolute atomic E-state index is 13.0. The number of benzene rings is 2. The van der Waals surface area contributed by atoms with Gasteiger partial charge in [-0.05, 0) is 48.2 Å². The molecule has 7 heteroatoms. The summed E-state index contributed by atoms with van der Waals surface area (Å²) in [5.41, 5.74) is 4.55. The molecule has 32 heavy (non-hydrogen) atoms. The molecular formula is C25H21N3O3S. The van der Waals surface area contributed by atoms with Crippen molar-refractivity contribution in [3.8, 4) is 16.9 Å². The van der Waals surface area contributed by atoms with Gasteiger partial charge in [0.1, 0.15) is 5.75 Å². The van der Waals surface area contributed by atoms with E-state index in [2.05, 4.69) is 15.6 Å². The van der Waals surface area contributed by atoms with Crippen molar-refractivity contribution in [1.29, 1.82) is 0 Å². The minimum Gasteiger partial charge on any atom is -0.494 e. The van der Waals surface area contributed by atoms with Gasteiger partial charge in [-0.15, -0.1) is 11.3 Å². The van der Waals surface area contributed by atoms with Crippen LogP contribution in [0.4, 0.5) is 11.4 Å². The molecule has 0 saturated carbocycles. The lowest BCUT2D eigenvalue weighted by atomic mass is 10.0. The van der Waals surface area contributed by atoms with E-state index in [9.17, 15) is 9.59 Å². The molecular weight excluding hydrogens is 422 g/mol. The van der Waals surface area contributed by atoms with Crippen LogP contribution in [0.1, 0.15) is 25.6 Å². The van der Waals surface area contributed by atoms with E-state index in [1.807, 2.05) is 42.6 Å². The lowest BCUT2D eigenvalue weighted by Gasteiger charge is -2.13. The van der Waals surface area contributed by atoms with Crippen molar-refractivity contribution in [1.82, 2.24) is 4.98 Å². The van der Waals surface area contributed by atoms with E-state index in [1.165, 1.54) is 24.6 Å². The number of hydrogen-bond donors (Lipinski definition) is 2. The average Bonchev–Trinajstić information content (AvgIpc) is 3.31. The number of nitrogens with zero attached hydrogens (tertiary/aromatic N) is 1. The number of rotatable bonds is 6. The molecule has 4 aromatic rings. The highest BCUT2D eigenvalue weighted by Gasteiger charge is 2.16. The van der Waals surface area contributed by atoms with Crippen LogP contribution in [0.25, 0.3) is 11.1 Å². The predicted molar refractivity (Wildman–Crippen MR) is 128 cm³/mol. The Kier molecular flexibility index (Phi) is 6.28. The van der Waals surface area contributed by atoms with Gasteiger partial charge in [-0.25, -0.2) is 0 Å². The van der Waals surface area contributed by atoms with E-state index in [4.69, 9.17) is 4.74 Å². The van der Waals surface area contributed by atoms with Gasteiger partial charge in [0, 0.05) is 29.7 Å². The number of carbonyl (C=O) groups is 2. The normalized spacial score (nSPS) is 10.4. The third kappa shape index (κ3) is 4.68. The number of amides is 2.